The molecule has 0 aliphatic carbocycles. The Labute approximate surface area is 155 Å². The molecule has 4 nitrogen and oxygen atoms in total. The molecule has 0 saturated carbocycles. The first-order chi connectivity index (χ1) is 11.3. The van der Waals surface area contributed by atoms with Crippen LogP contribution >= 0.6 is 27.5 Å². The summed E-state index contributed by atoms with van der Waals surface area (Å²) >= 11 is 9.45. The maximum Gasteiger partial charge on any atom is 0.202 e. The lowest BCUT2D eigenvalue weighted by Gasteiger charge is -2.17. The molecular formula is C18H21BrClNO3. The molecule has 1 aromatic carbocycles. The normalized spacial score (nSPS) is 12.2. The predicted molar refractivity (Wildman–Crippen MR) is 99.5 cm³/mol. The number of Topliss-reactive ketones (excluding diaryl/α,β-unsaturated/α-hetero) is 1. The van der Waals surface area contributed by atoms with Crippen LogP contribution in [-0.4, -0.2) is 30.7 Å². The van der Waals surface area contributed by atoms with Crippen LogP contribution in [0.1, 0.15) is 34.7 Å². The van der Waals surface area contributed by atoms with E-state index in [4.69, 9.17) is 21.1 Å². The second-order valence-electron chi connectivity index (χ2n) is 5.75. The second-order valence-corrected chi connectivity index (χ2v) is 7.07. The van der Waals surface area contributed by atoms with Gasteiger partial charge in [0.05, 0.1) is 17.7 Å². The van der Waals surface area contributed by atoms with E-state index in [2.05, 4.69) is 27.4 Å². The van der Waals surface area contributed by atoms with E-state index in [1.54, 1.807) is 19.2 Å². The number of carbonyl (C=O) groups excluding carboxylic acids is 1. The van der Waals surface area contributed by atoms with Gasteiger partial charge in [-0.15, -0.1) is 0 Å². The summed E-state index contributed by atoms with van der Waals surface area (Å²) in [6, 6.07) is 7.36. The number of ether oxygens (including phenoxy) is 2. The average Bonchev–Trinajstić information content (AvgIpc) is 2.81. The van der Waals surface area contributed by atoms with Crippen LogP contribution in [-0.2, 0) is 4.74 Å². The molecule has 0 amide bonds. The first-order valence-corrected chi connectivity index (χ1v) is 8.80. The predicted octanol–water partition coefficient (Wildman–Crippen LogP) is 4.99. The number of methoxy groups -OCH3 is 1. The third-order valence-electron chi connectivity index (χ3n) is 3.89. The summed E-state index contributed by atoms with van der Waals surface area (Å²) in [6.07, 6.45) is 0. The van der Waals surface area contributed by atoms with Gasteiger partial charge in [0, 0.05) is 28.5 Å². The number of ketones is 1. The topological polar surface area (TPSA) is 40.5 Å². The van der Waals surface area contributed by atoms with Gasteiger partial charge in [0.1, 0.15) is 5.75 Å². The van der Waals surface area contributed by atoms with Gasteiger partial charge >= 0.3 is 0 Å². The molecule has 130 valence electrons. The van der Waals surface area contributed by atoms with Crippen LogP contribution in [0.3, 0.4) is 0 Å². The Hall–Kier alpha value is -1.30. The Balaban J connectivity index is 2.14. The number of hydrogen-bond acceptors (Lipinski definition) is 3. The summed E-state index contributed by atoms with van der Waals surface area (Å²) in [5, 5.41) is 0.469. The largest absolute Gasteiger partial charge is 0.484 e. The smallest absolute Gasteiger partial charge is 0.202 e. The third kappa shape index (κ3) is 4.21. The van der Waals surface area contributed by atoms with Gasteiger partial charge in [-0.3, -0.25) is 4.79 Å². The third-order valence-corrected chi connectivity index (χ3v) is 4.67. The Morgan fingerprint density at radius 3 is 2.67 bits per heavy atom. The molecule has 1 aromatic heterocycles. The van der Waals surface area contributed by atoms with Crippen molar-refractivity contribution in [2.24, 2.45) is 0 Å². The molecule has 0 bridgehead atoms. The van der Waals surface area contributed by atoms with Crippen molar-refractivity contribution in [2.75, 3.05) is 20.3 Å². The van der Waals surface area contributed by atoms with Crippen LogP contribution in [0.2, 0.25) is 5.02 Å². The summed E-state index contributed by atoms with van der Waals surface area (Å²) in [5.74, 6) is 0.424. The van der Waals surface area contributed by atoms with Crippen molar-refractivity contribution in [3.63, 3.8) is 0 Å². The van der Waals surface area contributed by atoms with Gasteiger partial charge in [-0.05, 0) is 45.0 Å². The Bertz CT molecular complexity index is 742. The number of aromatic nitrogens is 1. The van der Waals surface area contributed by atoms with Crippen molar-refractivity contribution < 1.29 is 14.3 Å². The second kappa shape index (κ2) is 8.19. The van der Waals surface area contributed by atoms with E-state index < -0.39 is 0 Å². The SMILES string of the molecule is COCC(C)n1c(C)cc(C(=O)COc2ccc(Br)cc2Cl)c1C. The van der Waals surface area contributed by atoms with Gasteiger partial charge in [0.25, 0.3) is 0 Å². The van der Waals surface area contributed by atoms with Crippen LogP contribution < -0.4 is 4.74 Å². The lowest BCUT2D eigenvalue weighted by Crippen LogP contribution is -2.16. The van der Waals surface area contributed by atoms with Gasteiger partial charge < -0.3 is 14.0 Å². The van der Waals surface area contributed by atoms with Crippen molar-refractivity contribution in [1.29, 1.82) is 0 Å². The van der Waals surface area contributed by atoms with E-state index >= 15 is 0 Å². The fourth-order valence-corrected chi connectivity index (χ4v) is 3.59. The maximum absolute atomic E-state index is 12.5. The first kappa shape index (κ1) is 19.0. The lowest BCUT2D eigenvalue weighted by atomic mass is 10.1. The number of nitrogens with zero attached hydrogens (tertiary/aromatic N) is 1. The Morgan fingerprint density at radius 2 is 2.04 bits per heavy atom. The molecule has 0 spiro atoms. The van der Waals surface area contributed by atoms with Crippen molar-refractivity contribution in [3.05, 3.63) is 50.7 Å². The zero-order valence-electron chi connectivity index (χ0n) is 14.2. The van der Waals surface area contributed by atoms with Crippen molar-refractivity contribution in [3.8, 4) is 5.75 Å². The molecule has 1 unspecified atom stereocenters. The van der Waals surface area contributed by atoms with Gasteiger partial charge in [-0.25, -0.2) is 0 Å². The van der Waals surface area contributed by atoms with Crippen molar-refractivity contribution in [2.45, 2.75) is 26.8 Å². The summed E-state index contributed by atoms with van der Waals surface area (Å²) in [4.78, 5) is 12.5. The summed E-state index contributed by atoms with van der Waals surface area (Å²) < 4.78 is 13.8. The Kier molecular flexibility index (Phi) is 6.49. The zero-order chi connectivity index (χ0) is 17.9. The van der Waals surface area contributed by atoms with Crippen LogP contribution in [0.5, 0.6) is 5.75 Å². The fourth-order valence-electron chi connectivity index (χ4n) is 2.87. The van der Waals surface area contributed by atoms with Crippen LogP contribution in [0, 0.1) is 13.8 Å². The highest BCUT2D eigenvalue weighted by atomic mass is 79.9. The molecule has 0 aliphatic heterocycles. The standard InChI is InChI=1S/C18H21BrClNO3/c1-11-7-15(13(3)21(11)12(2)9-23-4)17(22)10-24-18-6-5-14(19)8-16(18)20/h5-8,12H,9-10H2,1-4H3. The molecule has 2 rings (SSSR count). The molecule has 0 aliphatic rings. The van der Waals surface area contributed by atoms with Crippen molar-refractivity contribution in [1.82, 2.24) is 4.57 Å². The molecule has 1 atom stereocenters. The number of halogens is 2. The first-order valence-electron chi connectivity index (χ1n) is 7.63. The molecule has 2 aromatic rings. The monoisotopic (exact) mass is 413 g/mol. The van der Waals surface area contributed by atoms with E-state index in [0.29, 0.717) is 22.9 Å². The molecule has 1 heterocycles. The molecule has 0 saturated heterocycles. The average molecular weight is 415 g/mol. The molecule has 24 heavy (non-hydrogen) atoms. The molecular weight excluding hydrogens is 394 g/mol. The van der Waals surface area contributed by atoms with E-state index in [1.807, 2.05) is 26.0 Å². The Morgan fingerprint density at radius 1 is 1.33 bits per heavy atom. The molecule has 0 radical (unpaired) electrons. The number of hydrogen-bond donors (Lipinski definition) is 0. The maximum atomic E-state index is 12.5. The molecule has 6 heteroatoms. The van der Waals surface area contributed by atoms with Gasteiger partial charge in [0.2, 0.25) is 5.78 Å². The quantitative estimate of drug-likeness (QED) is 0.599. The minimum absolute atomic E-state index is 0.0513. The highest BCUT2D eigenvalue weighted by Gasteiger charge is 2.19. The lowest BCUT2D eigenvalue weighted by molar-refractivity contribution is 0.0920. The summed E-state index contributed by atoms with van der Waals surface area (Å²) in [7, 11) is 1.67. The number of carbonyl (C=O) groups is 1. The minimum atomic E-state index is -0.0713. The summed E-state index contributed by atoms with van der Waals surface area (Å²) in [6.45, 7) is 6.54. The van der Waals surface area contributed by atoms with Gasteiger partial charge in [-0.1, -0.05) is 27.5 Å². The highest BCUT2D eigenvalue weighted by molar-refractivity contribution is 9.10. The van der Waals surface area contributed by atoms with Crippen LogP contribution in [0.15, 0.2) is 28.7 Å². The molecule has 0 fully saturated rings. The van der Waals surface area contributed by atoms with Crippen molar-refractivity contribution >= 4 is 33.3 Å². The van der Waals surface area contributed by atoms with Gasteiger partial charge in [-0.2, -0.15) is 0 Å². The van der Waals surface area contributed by atoms with E-state index in [0.717, 1.165) is 15.9 Å². The number of aryl methyl sites for hydroxylation is 1. The van der Waals surface area contributed by atoms with E-state index in [1.165, 1.54) is 0 Å². The summed E-state index contributed by atoms with van der Waals surface area (Å²) in [5.41, 5.74) is 2.62. The van der Waals surface area contributed by atoms with Crippen LogP contribution in [0.25, 0.3) is 0 Å². The highest BCUT2D eigenvalue weighted by Crippen LogP contribution is 2.28. The fraction of sp³-hybridized carbons (Fsp3) is 0.389. The van der Waals surface area contributed by atoms with E-state index in [9.17, 15) is 4.79 Å². The zero-order valence-corrected chi connectivity index (χ0v) is 16.6. The van der Waals surface area contributed by atoms with Crippen LogP contribution in [0.4, 0.5) is 0 Å². The van der Waals surface area contributed by atoms with Gasteiger partial charge in [0.15, 0.2) is 6.61 Å². The van der Waals surface area contributed by atoms with E-state index in [-0.39, 0.29) is 18.4 Å². The minimum Gasteiger partial charge on any atom is -0.484 e. The molecule has 0 N–H and O–H groups in total. The number of benzene rings is 1. The number of rotatable bonds is 7.